The molecule has 114 valence electrons. The first-order valence-electron chi connectivity index (χ1n) is 7.16. The highest BCUT2D eigenvalue weighted by atomic mass is 19.4. The van der Waals surface area contributed by atoms with Gasteiger partial charge in [0.2, 0.25) is 0 Å². The second kappa shape index (κ2) is 6.93. The van der Waals surface area contributed by atoms with E-state index in [0.29, 0.717) is 0 Å². The highest BCUT2D eigenvalue weighted by Crippen LogP contribution is 2.39. The number of hydrogen-bond acceptors (Lipinski definition) is 2. The zero-order valence-corrected chi connectivity index (χ0v) is 12.3. The third-order valence-electron chi connectivity index (χ3n) is 4.27. The lowest BCUT2D eigenvalue weighted by Crippen LogP contribution is -2.45. The lowest BCUT2D eigenvalue weighted by Gasteiger charge is -2.42. The Morgan fingerprint density at radius 3 is 2.32 bits per heavy atom. The summed E-state index contributed by atoms with van der Waals surface area (Å²) in [4.78, 5) is 1.85. The van der Waals surface area contributed by atoms with Gasteiger partial charge in [-0.2, -0.15) is 13.2 Å². The third-order valence-corrected chi connectivity index (χ3v) is 4.27. The summed E-state index contributed by atoms with van der Waals surface area (Å²) in [5.41, 5.74) is 0.154. The Balaban J connectivity index is 2.48. The minimum absolute atomic E-state index is 0.102. The summed E-state index contributed by atoms with van der Waals surface area (Å²) in [6, 6.07) is 0. The first-order valence-corrected chi connectivity index (χ1v) is 7.16. The van der Waals surface area contributed by atoms with E-state index in [1.54, 1.807) is 7.05 Å². The molecule has 1 aliphatic carbocycles. The summed E-state index contributed by atoms with van der Waals surface area (Å²) in [7, 11) is 3.73. The smallest absolute Gasteiger partial charge is 0.319 e. The average Bonchev–Trinajstić information content (AvgIpc) is 2.30. The molecule has 1 rings (SSSR count). The van der Waals surface area contributed by atoms with E-state index < -0.39 is 12.6 Å². The minimum Gasteiger partial charge on any atom is -0.319 e. The standard InChI is InChI=1S/C14H27F3N2/c1-12-4-6-13(7-5-12,10-18-2)11-19(3)9-8-14(15,16)17/h12,18H,4-11H2,1-3H3. The molecule has 0 aromatic heterocycles. The highest BCUT2D eigenvalue weighted by Gasteiger charge is 2.35. The lowest BCUT2D eigenvalue weighted by atomic mass is 9.70. The Hall–Kier alpha value is -0.290. The van der Waals surface area contributed by atoms with Gasteiger partial charge in [0, 0.05) is 19.6 Å². The number of halogens is 3. The number of nitrogens with zero attached hydrogens (tertiary/aromatic N) is 1. The molecule has 0 bridgehead atoms. The summed E-state index contributed by atoms with van der Waals surface area (Å²) in [5.74, 6) is 0.755. The third kappa shape index (κ3) is 6.13. The first kappa shape index (κ1) is 16.8. The van der Waals surface area contributed by atoms with Crippen LogP contribution in [0.4, 0.5) is 13.2 Å². The fourth-order valence-electron chi connectivity index (χ4n) is 3.11. The van der Waals surface area contributed by atoms with Crippen molar-refractivity contribution in [2.75, 3.05) is 33.7 Å². The minimum atomic E-state index is -4.05. The molecule has 1 saturated carbocycles. The number of rotatable bonds is 6. The molecule has 0 aliphatic heterocycles. The zero-order chi connectivity index (χ0) is 14.5. The van der Waals surface area contributed by atoms with Crippen LogP contribution in [0, 0.1) is 11.3 Å². The summed E-state index contributed by atoms with van der Waals surface area (Å²) in [5, 5.41) is 3.22. The first-order chi connectivity index (χ1) is 8.76. The molecule has 0 heterocycles. The van der Waals surface area contributed by atoms with Gasteiger partial charge in [-0.1, -0.05) is 19.8 Å². The maximum Gasteiger partial charge on any atom is 0.390 e. The second-order valence-corrected chi connectivity index (χ2v) is 6.32. The molecule has 19 heavy (non-hydrogen) atoms. The van der Waals surface area contributed by atoms with E-state index in [1.807, 2.05) is 11.9 Å². The molecule has 1 N–H and O–H groups in total. The van der Waals surface area contributed by atoms with Crippen LogP contribution in [0.5, 0.6) is 0 Å². The van der Waals surface area contributed by atoms with E-state index in [-0.39, 0.29) is 12.0 Å². The largest absolute Gasteiger partial charge is 0.390 e. The van der Waals surface area contributed by atoms with Crippen LogP contribution in [0.15, 0.2) is 0 Å². The molecule has 1 aliphatic rings. The Bertz CT molecular complexity index is 258. The molecule has 2 nitrogen and oxygen atoms in total. The van der Waals surface area contributed by atoms with Gasteiger partial charge in [-0.3, -0.25) is 0 Å². The van der Waals surface area contributed by atoms with Gasteiger partial charge in [-0.05, 0) is 38.3 Å². The summed E-state index contributed by atoms with van der Waals surface area (Å²) < 4.78 is 36.8. The van der Waals surface area contributed by atoms with Crippen molar-refractivity contribution < 1.29 is 13.2 Å². The molecule has 0 radical (unpaired) electrons. The van der Waals surface area contributed by atoms with Crippen LogP contribution in [-0.2, 0) is 0 Å². The SMILES string of the molecule is CNCC1(CN(C)CCC(F)(F)F)CCC(C)CC1. The predicted octanol–water partition coefficient (Wildman–Crippen LogP) is 3.29. The van der Waals surface area contributed by atoms with E-state index >= 15 is 0 Å². The van der Waals surface area contributed by atoms with Crippen molar-refractivity contribution in [1.29, 1.82) is 0 Å². The Labute approximate surface area is 114 Å². The quantitative estimate of drug-likeness (QED) is 0.803. The summed E-state index contributed by atoms with van der Waals surface area (Å²) in [6.07, 6.45) is -0.151. The van der Waals surface area contributed by atoms with Crippen molar-refractivity contribution in [2.24, 2.45) is 11.3 Å². The fourth-order valence-corrected chi connectivity index (χ4v) is 3.11. The van der Waals surface area contributed by atoms with Crippen molar-refractivity contribution in [3.8, 4) is 0 Å². The molecular weight excluding hydrogens is 253 g/mol. The van der Waals surface area contributed by atoms with E-state index in [1.165, 1.54) is 12.8 Å². The maximum absolute atomic E-state index is 12.3. The van der Waals surface area contributed by atoms with E-state index in [0.717, 1.165) is 31.8 Å². The second-order valence-electron chi connectivity index (χ2n) is 6.32. The highest BCUT2D eigenvalue weighted by molar-refractivity contribution is 4.88. The van der Waals surface area contributed by atoms with Crippen LogP contribution in [0.25, 0.3) is 0 Å². The zero-order valence-electron chi connectivity index (χ0n) is 12.3. The lowest BCUT2D eigenvalue weighted by molar-refractivity contribution is -0.138. The van der Waals surface area contributed by atoms with E-state index in [4.69, 9.17) is 0 Å². The van der Waals surface area contributed by atoms with Gasteiger partial charge in [-0.15, -0.1) is 0 Å². The van der Waals surface area contributed by atoms with Crippen LogP contribution >= 0.6 is 0 Å². The molecular formula is C14H27F3N2. The number of alkyl halides is 3. The van der Waals surface area contributed by atoms with Gasteiger partial charge < -0.3 is 10.2 Å². The molecule has 0 aromatic carbocycles. The molecule has 0 saturated heterocycles. The Morgan fingerprint density at radius 2 is 1.84 bits per heavy atom. The molecule has 1 fully saturated rings. The Morgan fingerprint density at radius 1 is 1.26 bits per heavy atom. The average molecular weight is 280 g/mol. The van der Waals surface area contributed by atoms with Crippen LogP contribution in [0.2, 0.25) is 0 Å². The van der Waals surface area contributed by atoms with Gasteiger partial charge in [0.25, 0.3) is 0 Å². The van der Waals surface area contributed by atoms with Gasteiger partial charge in [0.05, 0.1) is 6.42 Å². The predicted molar refractivity (Wildman–Crippen MR) is 72.2 cm³/mol. The van der Waals surface area contributed by atoms with Crippen molar-refractivity contribution in [3.63, 3.8) is 0 Å². The summed E-state index contributed by atoms with van der Waals surface area (Å²) >= 11 is 0. The number of hydrogen-bond donors (Lipinski definition) is 1. The molecule has 0 amide bonds. The van der Waals surface area contributed by atoms with E-state index in [2.05, 4.69) is 12.2 Å². The van der Waals surface area contributed by atoms with Crippen molar-refractivity contribution in [3.05, 3.63) is 0 Å². The van der Waals surface area contributed by atoms with Crippen molar-refractivity contribution in [1.82, 2.24) is 10.2 Å². The molecule has 0 unspecified atom stereocenters. The van der Waals surface area contributed by atoms with Gasteiger partial charge >= 0.3 is 6.18 Å². The van der Waals surface area contributed by atoms with Gasteiger partial charge in [0.15, 0.2) is 0 Å². The van der Waals surface area contributed by atoms with Crippen molar-refractivity contribution in [2.45, 2.75) is 45.2 Å². The topological polar surface area (TPSA) is 15.3 Å². The van der Waals surface area contributed by atoms with Crippen LogP contribution in [-0.4, -0.2) is 44.8 Å². The van der Waals surface area contributed by atoms with Crippen LogP contribution in [0.1, 0.15) is 39.0 Å². The van der Waals surface area contributed by atoms with Crippen molar-refractivity contribution >= 4 is 0 Å². The number of nitrogens with one attached hydrogen (secondary N) is 1. The van der Waals surface area contributed by atoms with Gasteiger partial charge in [-0.25, -0.2) is 0 Å². The van der Waals surface area contributed by atoms with Crippen LogP contribution < -0.4 is 5.32 Å². The van der Waals surface area contributed by atoms with Gasteiger partial charge in [0.1, 0.15) is 0 Å². The Kier molecular flexibility index (Phi) is 6.12. The molecule has 5 heteroatoms. The normalized spacial score (nSPS) is 28.9. The molecule has 0 aromatic rings. The monoisotopic (exact) mass is 280 g/mol. The maximum atomic E-state index is 12.3. The fraction of sp³-hybridized carbons (Fsp3) is 1.00. The molecule has 0 spiro atoms. The van der Waals surface area contributed by atoms with E-state index in [9.17, 15) is 13.2 Å². The van der Waals surface area contributed by atoms with Crippen LogP contribution in [0.3, 0.4) is 0 Å². The summed E-state index contributed by atoms with van der Waals surface area (Å²) in [6.45, 7) is 4.02. The molecule has 0 atom stereocenters.